The molecule has 0 amide bonds. The van der Waals surface area contributed by atoms with E-state index in [0.29, 0.717) is 12.5 Å². The van der Waals surface area contributed by atoms with Crippen molar-refractivity contribution < 1.29 is 17.9 Å². The molecule has 0 heterocycles. The van der Waals surface area contributed by atoms with Gasteiger partial charge in [-0.05, 0) is 30.0 Å². The minimum absolute atomic E-state index is 0.0385. The zero-order chi connectivity index (χ0) is 14.5. The molecule has 0 fully saturated rings. The van der Waals surface area contributed by atoms with Gasteiger partial charge in [-0.3, -0.25) is 0 Å². The fraction of sp³-hybridized carbons (Fsp3) is 0.571. The van der Waals surface area contributed by atoms with Crippen LogP contribution in [-0.4, -0.2) is 6.61 Å². The second kappa shape index (κ2) is 6.80. The van der Waals surface area contributed by atoms with E-state index in [4.69, 9.17) is 10.5 Å². The quantitative estimate of drug-likeness (QED) is 0.788. The van der Waals surface area contributed by atoms with Gasteiger partial charge in [-0.2, -0.15) is 13.2 Å². The normalized spacial score (nSPS) is 13.5. The molecule has 1 rings (SSSR count). The zero-order valence-corrected chi connectivity index (χ0v) is 11.3. The summed E-state index contributed by atoms with van der Waals surface area (Å²) >= 11 is 0. The van der Waals surface area contributed by atoms with E-state index in [-0.39, 0.29) is 17.9 Å². The number of halogens is 3. The van der Waals surface area contributed by atoms with Gasteiger partial charge in [0.05, 0.1) is 12.2 Å². The molecular formula is C14H20F3NO. The van der Waals surface area contributed by atoms with Gasteiger partial charge in [0.2, 0.25) is 0 Å². The Kier molecular flexibility index (Phi) is 5.66. The molecule has 0 aromatic heterocycles. The number of nitrogen functional groups attached to an aromatic ring is 1. The van der Waals surface area contributed by atoms with Crippen molar-refractivity contribution in [3.8, 4) is 0 Å². The Morgan fingerprint density at radius 2 is 2.00 bits per heavy atom. The van der Waals surface area contributed by atoms with Crippen molar-refractivity contribution in [2.45, 2.75) is 39.5 Å². The predicted molar refractivity (Wildman–Crippen MR) is 69.6 cm³/mol. The lowest BCUT2D eigenvalue weighted by Crippen LogP contribution is -2.12. The molecule has 0 bridgehead atoms. The SMILES string of the molecule is CCCC(C)COCc1ccc(N)cc1C(F)(F)F. The van der Waals surface area contributed by atoms with Crippen molar-refractivity contribution in [2.75, 3.05) is 12.3 Å². The minimum atomic E-state index is -4.40. The number of anilines is 1. The van der Waals surface area contributed by atoms with Crippen LogP contribution in [0.3, 0.4) is 0 Å². The molecule has 1 atom stereocenters. The summed E-state index contributed by atoms with van der Waals surface area (Å²) in [5, 5.41) is 0. The second-order valence-electron chi connectivity index (χ2n) is 4.82. The van der Waals surface area contributed by atoms with Crippen molar-refractivity contribution >= 4 is 5.69 Å². The van der Waals surface area contributed by atoms with Crippen LogP contribution in [0.25, 0.3) is 0 Å². The van der Waals surface area contributed by atoms with Crippen LogP contribution in [-0.2, 0) is 17.5 Å². The van der Waals surface area contributed by atoms with Gasteiger partial charge in [0.1, 0.15) is 0 Å². The highest BCUT2D eigenvalue weighted by molar-refractivity contribution is 5.45. The third-order valence-corrected chi connectivity index (χ3v) is 2.88. The first-order valence-electron chi connectivity index (χ1n) is 6.38. The molecule has 2 nitrogen and oxygen atoms in total. The van der Waals surface area contributed by atoms with Crippen LogP contribution >= 0.6 is 0 Å². The van der Waals surface area contributed by atoms with E-state index in [2.05, 4.69) is 6.92 Å². The van der Waals surface area contributed by atoms with E-state index in [1.807, 2.05) is 6.92 Å². The van der Waals surface area contributed by atoms with Gasteiger partial charge >= 0.3 is 6.18 Å². The van der Waals surface area contributed by atoms with Crippen molar-refractivity contribution in [2.24, 2.45) is 5.92 Å². The molecule has 19 heavy (non-hydrogen) atoms. The molecule has 1 aromatic rings. The first-order valence-corrected chi connectivity index (χ1v) is 6.38. The van der Waals surface area contributed by atoms with E-state index in [0.717, 1.165) is 18.9 Å². The number of benzene rings is 1. The van der Waals surface area contributed by atoms with Gasteiger partial charge in [0.25, 0.3) is 0 Å². The summed E-state index contributed by atoms with van der Waals surface area (Å²) in [6, 6.07) is 3.79. The van der Waals surface area contributed by atoms with Crippen LogP contribution in [0, 0.1) is 5.92 Å². The lowest BCUT2D eigenvalue weighted by Gasteiger charge is -2.15. The maximum Gasteiger partial charge on any atom is 0.416 e. The summed E-state index contributed by atoms with van der Waals surface area (Å²) in [4.78, 5) is 0. The molecule has 5 heteroatoms. The lowest BCUT2D eigenvalue weighted by molar-refractivity contribution is -0.138. The van der Waals surface area contributed by atoms with Gasteiger partial charge in [-0.25, -0.2) is 0 Å². The average Bonchev–Trinajstić information content (AvgIpc) is 2.30. The molecule has 0 aliphatic carbocycles. The Labute approximate surface area is 111 Å². The van der Waals surface area contributed by atoms with Gasteiger partial charge in [0.15, 0.2) is 0 Å². The summed E-state index contributed by atoms with van der Waals surface area (Å²) in [5.74, 6) is 0.355. The topological polar surface area (TPSA) is 35.2 Å². The van der Waals surface area contributed by atoms with E-state index >= 15 is 0 Å². The average molecular weight is 275 g/mol. The molecule has 0 aliphatic rings. The summed E-state index contributed by atoms with van der Waals surface area (Å²) in [6.07, 6.45) is -2.35. The Morgan fingerprint density at radius 3 is 2.58 bits per heavy atom. The smallest absolute Gasteiger partial charge is 0.399 e. The van der Waals surface area contributed by atoms with Gasteiger partial charge in [-0.15, -0.1) is 0 Å². The van der Waals surface area contributed by atoms with E-state index < -0.39 is 11.7 Å². The molecule has 0 aliphatic heterocycles. The largest absolute Gasteiger partial charge is 0.416 e. The van der Waals surface area contributed by atoms with Crippen LogP contribution in [0.1, 0.15) is 37.8 Å². The minimum Gasteiger partial charge on any atom is -0.399 e. The highest BCUT2D eigenvalue weighted by Crippen LogP contribution is 2.33. The Morgan fingerprint density at radius 1 is 1.32 bits per heavy atom. The first-order chi connectivity index (χ1) is 8.84. The van der Waals surface area contributed by atoms with Crippen molar-refractivity contribution in [3.05, 3.63) is 29.3 Å². The van der Waals surface area contributed by atoms with Crippen molar-refractivity contribution in [1.82, 2.24) is 0 Å². The molecule has 1 aromatic carbocycles. The summed E-state index contributed by atoms with van der Waals surface area (Å²) < 4.78 is 43.8. The van der Waals surface area contributed by atoms with Crippen LogP contribution in [0.4, 0.5) is 18.9 Å². The summed E-state index contributed by atoms with van der Waals surface area (Å²) in [6.45, 7) is 4.52. The fourth-order valence-corrected chi connectivity index (χ4v) is 1.93. The number of ether oxygens (including phenoxy) is 1. The first kappa shape index (κ1) is 15.8. The summed E-state index contributed by atoms with van der Waals surface area (Å²) in [7, 11) is 0. The molecule has 1 unspecified atom stereocenters. The zero-order valence-electron chi connectivity index (χ0n) is 11.3. The highest BCUT2D eigenvalue weighted by atomic mass is 19.4. The maximum atomic E-state index is 12.8. The van der Waals surface area contributed by atoms with Crippen molar-refractivity contribution in [3.63, 3.8) is 0 Å². The van der Waals surface area contributed by atoms with E-state index in [1.54, 1.807) is 0 Å². The van der Waals surface area contributed by atoms with Crippen LogP contribution in [0.5, 0.6) is 0 Å². The van der Waals surface area contributed by atoms with Crippen molar-refractivity contribution in [1.29, 1.82) is 0 Å². The number of rotatable bonds is 6. The number of hydrogen-bond acceptors (Lipinski definition) is 2. The summed E-state index contributed by atoms with van der Waals surface area (Å²) in [5.41, 5.74) is 4.92. The molecule has 0 saturated heterocycles. The molecule has 108 valence electrons. The van der Waals surface area contributed by atoms with Crippen LogP contribution in [0.2, 0.25) is 0 Å². The van der Waals surface area contributed by atoms with Gasteiger partial charge < -0.3 is 10.5 Å². The Balaban J connectivity index is 2.68. The molecule has 0 saturated carbocycles. The van der Waals surface area contributed by atoms with Crippen LogP contribution < -0.4 is 5.73 Å². The third-order valence-electron chi connectivity index (χ3n) is 2.88. The number of hydrogen-bond donors (Lipinski definition) is 1. The highest BCUT2D eigenvalue weighted by Gasteiger charge is 2.33. The number of alkyl halides is 3. The fourth-order valence-electron chi connectivity index (χ4n) is 1.93. The van der Waals surface area contributed by atoms with Gasteiger partial charge in [0, 0.05) is 12.3 Å². The number of nitrogens with two attached hydrogens (primary N) is 1. The Hall–Kier alpha value is -1.23. The molecule has 0 radical (unpaired) electrons. The predicted octanol–water partition coefficient (Wildman–Crippen LogP) is 4.24. The maximum absolute atomic E-state index is 12.8. The third kappa shape index (κ3) is 5.11. The Bertz CT molecular complexity index is 404. The van der Waals surface area contributed by atoms with E-state index in [1.165, 1.54) is 12.1 Å². The van der Waals surface area contributed by atoms with Gasteiger partial charge in [-0.1, -0.05) is 26.3 Å². The monoisotopic (exact) mass is 275 g/mol. The standard InChI is InChI=1S/C14H20F3NO/c1-3-4-10(2)8-19-9-11-5-6-12(18)7-13(11)14(15,16)17/h5-7,10H,3-4,8-9,18H2,1-2H3. The molecular weight excluding hydrogens is 255 g/mol. The molecule has 0 spiro atoms. The lowest BCUT2D eigenvalue weighted by atomic mass is 10.1. The second-order valence-corrected chi connectivity index (χ2v) is 4.82. The molecule has 2 N–H and O–H groups in total. The van der Waals surface area contributed by atoms with Crippen LogP contribution in [0.15, 0.2) is 18.2 Å². The van der Waals surface area contributed by atoms with E-state index in [9.17, 15) is 13.2 Å².